The molecule has 1 aliphatic rings. The highest BCUT2D eigenvalue weighted by Crippen LogP contribution is 2.38. The van der Waals surface area contributed by atoms with Gasteiger partial charge in [0.15, 0.2) is 0 Å². The molecule has 0 aliphatic carbocycles. The van der Waals surface area contributed by atoms with Gasteiger partial charge in [-0.15, -0.1) is 0 Å². The molecule has 25 heavy (non-hydrogen) atoms. The zero-order valence-corrected chi connectivity index (χ0v) is 15.0. The summed E-state index contributed by atoms with van der Waals surface area (Å²) >= 11 is 0. The molecule has 1 heterocycles. The molecule has 0 saturated heterocycles. The first kappa shape index (κ1) is 17.6. The number of amides is 1. The van der Waals surface area contributed by atoms with E-state index in [1.807, 2.05) is 56.3 Å². The average Bonchev–Trinajstić information content (AvgIpc) is 2.82. The zero-order chi connectivity index (χ0) is 18.0. The summed E-state index contributed by atoms with van der Waals surface area (Å²) in [6.45, 7) is 6.49. The lowest BCUT2D eigenvalue weighted by atomic mass is 9.85. The second kappa shape index (κ2) is 6.98. The van der Waals surface area contributed by atoms with Crippen molar-refractivity contribution in [2.24, 2.45) is 0 Å². The Hall–Kier alpha value is -2.17. The highest BCUT2D eigenvalue weighted by Gasteiger charge is 2.38. The number of aliphatic hydroxyl groups is 1. The Kier molecular flexibility index (Phi) is 4.93. The summed E-state index contributed by atoms with van der Waals surface area (Å²) in [5.74, 6) is 0.0403. The first-order valence-electron chi connectivity index (χ1n) is 8.79. The van der Waals surface area contributed by atoms with Crippen LogP contribution in [0.1, 0.15) is 43.5 Å². The first-order chi connectivity index (χ1) is 11.9. The van der Waals surface area contributed by atoms with Crippen LogP contribution in [0.4, 0.5) is 5.69 Å². The molecular weight excluding hydrogens is 312 g/mol. The highest BCUT2D eigenvalue weighted by molar-refractivity contribution is 6.05. The summed E-state index contributed by atoms with van der Waals surface area (Å²) in [7, 11) is 0. The van der Waals surface area contributed by atoms with Gasteiger partial charge < -0.3 is 15.7 Å². The maximum absolute atomic E-state index is 12.1. The number of nitrogens with one attached hydrogen (secondary N) is 2. The lowest BCUT2D eigenvalue weighted by molar-refractivity contribution is -0.119. The normalized spacial score (nSPS) is 17.7. The molecule has 0 aromatic heterocycles. The fourth-order valence-corrected chi connectivity index (χ4v) is 3.25. The van der Waals surface area contributed by atoms with Crippen molar-refractivity contribution in [3.05, 3.63) is 65.2 Å². The number of fused-ring (bicyclic) bond motifs is 1. The Labute approximate surface area is 149 Å². The molecule has 3 N–H and O–H groups in total. The lowest BCUT2D eigenvalue weighted by Gasteiger charge is -2.20. The van der Waals surface area contributed by atoms with Gasteiger partial charge >= 0.3 is 0 Å². The van der Waals surface area contributed by atoms with Crippen molar-refractivity contribution in [2.75, 3.05) is 11.9 Å². The molecule has 2 atom stereocenters. The highest BCUT2D eigenvalue weighted by atomic mass is 16.3. The minimum Gasteiger partial charge on any atom is -0.391 e. The van der Waals surface area contributed by atoms with E-state index in [2.05, 4.69) is 23.6 Å². The number of carbonyl (C=O) groups is 1. The largest absolute Gasteiger partial charge is 0.391 e. The molecule has 0 bridgehead atoms. The van der Waals surface area contributed by atoms with Gasteiger partial charge in [-0.05, 0) is 49.9 Å². The van der Waals surface area contributed by atoms with Crippen LogP contribution < -0.4 is 10.6 Å². The molecule has 3 rings (SSSR count). The van der Waals surface area contributed by atoms with E-state index >= 15 is 0 Å². The van der Waals surface area contributed by atoms with Crippen LogP contribution in [-0.4, -0.2) is 23.7 Å². The van der Waals surface area contributed by atoms with Gasteiger partial charge in [0.25, 0.3) is 0 Å². The van der Waals surface area contributed by atoms with Crippen molar-refractivity contribution in [1.29, 1.82) is 0 Å². The third kappa shape index (κ3) is 3.75. The predicted octanol–water partition coefficient (Wildman–Crippen LogP) is 3.17. The van der Waals surface area contributed by atoms with E-state index in [0.29, 0.717) is 13.0 Å². The molecule has 0 spiro atoms. The van der Waals surface area contributed by atoms with E-state index in [-0.39, 0.29) is 11.9 Å². The fraction of sp³-hybridized carbons (Fsp3) is 0.381. The van der Waals surface area contributed by atoms with Gasteiger partial charge in [0.05, 0.1) is 11.5 Å². The second-order valence-electron chi connectivity index (χ2n) is 7.36. The minimum absolute atomic E-state index is 0.0403. The van der Waals surface area contributed by atoms with Gasteiger partial charge in [-0.1, -0.05) is 42.5 Å². The van der Waals surface area contributed by atoms with E-state index in [1.54, 1.807) is 0 Å². The molecule has 1 amide bonds. The van der Waals surface area contributed by atoms with Crippen LogP contribution in [-0.2, 0) is 16.6 Å². The van der Waals surface area contributed by atoms with E-state index in [4.69, 9.17) is 0 Å². The second-order valence-corrected chi connectivity index (χ2v) is 7.36. The molecule has 4 heteroatoms. The number of aliphatic hydroxyl groups excluding tert-OH is 1. The molecule has 2 unspecified atom stereocenters. The summed E-state index contributed by atoms with van der Waals surface area (Å²) in [4.78, 5) is 12.1. The Bertz CT molecular complexity index is 756. The standard InChI is InChI=1S/C21H26N2O2/c1-14(22-13-17(24)11-15-7-5-4-6-8-15)16-9-10-19-18(12-16)21(2,3)20(25)23-19/h4-10,12,14,17,22,24H,11,13H2,1-3H3,(H,23,25). The van der Waals surface area contributed by atoms with Crippen LogP contribution >= 0.6 is 0 Å². The van der Waals surface area contributed by atoms with Crippen LogP contribution in [0.2, 0.25) is 0 Å². The number of anilines is 1. The topological polar surface area (TPSA) is 61.4 Å². The van der Waals surface area contributed by atoms with Gasteiger partial charge in [-0.2, -0.15) is 0 Å². The quantitative estimate of drug-likeness (QED) is 0.758. The average molecular weight is 338 g/mol. The number of hydrogen-bond donors (Lipinski definition) is 3. The summed E-state index contributed by atoms with van der Waals surface area (Å²) in [6, 6.07) is 16.2. The lowest BCUT2D eigenvalue weighted by Crippen LogP contribution is -2.30. The van der Waals surface area contributed by atoms with Crippen LogP contribution in [0.3, 0.4) is 0 Å². The van der Waals surface area contributed by atoms with Crippen molar-refractivity contribution >= 4 is 11.6 Å². The van der Waals surface area contributed by atoms with E-state index < -0.39 is 11.5 Å². The van der Waals surface area contributed by atoms with Crippen molar-refractivity contribution in [2.45, 2.75) is 44.8 Å². The molecule has 0 fully saturated rings. The smallest absolute Gasteiger partial charge is 0.234 e. The molecular formula is C21H26N2O2. The summed E-state index contributed by atoms with van der Waals surface area (Å²) < 4.78 is 0. The maximum atomic E-state index is 12.1. The van der Waals surface area contributed by atoms with Crippen LogP contribution in [0.5, 0.6) is 0 Å². The SMILES string of the molecule is CC(NCC(O)Cc1ccccc1)c1ccc2c(c1)C(C)(C)C(=O)N2. The molecule has 132 valence electrons. The monoisotopic (exact) mass is 338 g/mol. The van der Waals surface area contributed by atoms with Crippen molar-refractivity contribution in [1.82, 2.24) is 5.32 Å². The molecule has 2 aromatic carbocycles. The van der Waals surface area contributed by atoms with Gasteiger partial charge in [-0.25, -0.2) is 0 Å². The minimum atomic E-state index is -0.502. The maximum Gasteiger partial charge on any atom is 0.234 e. The van der Waals surface area contributed by atoms with E-state index in [9.17, 15) is 9.90 Å². The van der Waals surface area contributed by atoms with Gasteiger partial charge in [0.2, 0.25) is 5.91 Å². The fourth-order valence-electron chi connectivity index (χ4n) is 3.25. The molecule has 4 nitrogen and oxygen atoms in total. The summed E-state index contributed by atoms with van der Waals surface area (Å²) in [6.07, 6.45) is 0.204. The van der Waals surface area contributed by atoms with Crippen LogP contribution in [0, 0.1) is 0 Å². The molecule has 0 saturated carbocycles. The van der Waals surface area contributed by atoms with Gasteiger partial charge in [-0.3, -0.25) is 4.79 Å². The Morgan fingerprint density at radius 2 is 1.88 bits per heavy atom. The Morgan fingerprint density at radius 3 is 2.60 bits per heavy atom. The Morgan fingerprint density at radius 1 is 1.16 bits per heavy atom. The Balaban J connectivity index is 1.62. The van der Waals surface area contributed by atoms with E-state index in [0.717, 1.165) is 22.4 Å². The number of rotatable bonds is 6. The van der Waals surface area contributed by atoms with Crippen molar-refractivity contribution < 1.29 is 9.90 Å². The van der Waals surface area contributed by atoms with Gasteiger partial charge in [0.1, 0.15) is 0 Å². The van der Waals surface area contributed by atoms with E-state index in [1.165, 1.54) is 0 Å². The third-order valence-corrected chi connectivity index (χ3v) is 5.01. The summed E-state index contributed by atoms with van der Waals surface area (Å²) in [5, 5.41) is 16.6. The summed E-state index contributed by atoms with van der Waals surface area (Å²) in [5.41, 5.74) is 3.69. The third-order valence-electron chi connectivity index (χ3n) is 5.01. The zero-order valence-electron chi connectivity index (χ0n) is 15.0. The molecule has 0 radical (unpaired) electrons. The molecule has 2 aromatic rings. The van der Waals surface area contributed by atoms with Crippen molar-refractivity contribution in [3.8, 4) is 0 Å². The first-order valence-corrected chi connectivity index (χ1v) is 8.79. The van der Waals surface area contributed by atoms with Gasteiger partial charge in [0, 0.05) is 18.3 Å². The van der Waals surface area contributed by atoms with Crippen LogP contribution in [0.15, 0.2) is 48.5 Å². The van der Waals surface area contributed by atoms with Crippen LogP contribution in [0.25, 0.3) is 0 Å². The molecule has 1 aliphatic heterocycles. The number of hydrogen-bond acceptors (Lipinski definition) is 3. The predicted molar refractivity (Wildman–Crippen MR) is 101 cm³/mol. The number of carbonyl (C=O) groups excluding carboxylic acids is 1. The van der Waals surface area contributed by atoms with Crippen molar-refractivity contribution in [3.63, 3.8) is 0 Å². The number of benzene rings is 2.